The van der Waals surface area contributed by atoms with Gasteiger partial charge in [-0.2, -0.15) is 0 Å². The summed E-state index contributed by atoms with van der Waals surface area (Å²) in [6, 6.07) is 17.8. The molecule has 1 unspecified atom stereocenters. The van der Waals surface area contributed by atoms with Gasteiger partial charge in [0.25, 0.3) is 5.91 Å². The van der Waals surface area contributed by atoms with Crippen molar-refractivity contribution in [3.8, 4) is 22.5 Å². The van der Waals surface area contributed by atoms with E-state index in [0.717, 1.165) is 50.2 Å². The molecule has 5 aromatic rings. The first-order valence-corrected chi connectivity index (χ1v) is 10.4. The topological polar surface area (TPSA) is 83.6 Å². The number of pyridine rings is 2. The van der Waals surface area contributed by atoms with E-state index in [4.69, 9.17) is 4.98 Å². The van der Waals surface area contributed by atoms with Gasteiger partial charge in [0.15, 0.2) is 0 Å². The SMILES string of the molecule is Cc1cnccc1C(=O)NC1c2ccccc2-c2c(-c3nc4ccncc4[nH]3)cccc21. The van der Waals surface area contributed by atoms with E-state index < -0.39 is 0 Å². The minimum Gasteiger partial charge on any atom is -0.341 e. The van der Waals surface area contributed by atoms with Crippen molar-refractivity contribution < 1.29 is 4.79 Å². The van der Waals surface area contributed by atoms with Gasteiger partial charge in [-0.3, -0.25) is 14.8 Å². The maximum absolute atomic E-state index is 13.1. The van der Waals surface area contributed by atoms with Crippen LogP contribution in [-0.4, -0.2) is 25.8 Å². The van der Waals surface area contributed by atoms with Crippen LogP contribution in [0.5, 0.6) is 0 Å². The molecule has 3 heterocycles. The van der Waals surface area contributed by atoms with Crippen LogP contribution in [0.3, 0.4) is 0 Å². The van der Waals surface area contributed by atoms with Crippen molar-refractivity contribution in [1.82, 2.24) is 25.3 Å². The molecule has 2 N–H and O–H groups in total. The summed E-state index contributed by atoms with van der Waals surface area (Å²) in [6.45, 7) is 1.90. The van der Waals surface area contributed by atoms with E-state index in [1.54, 1.807) is 30.9 Å². The zero-order valence-corrected chi connectivity index (χ0v) is 17.3. The zero-order chi connectivity index (χ0) is 21.7. The molecule has 0 spiro atoms. The molecule has 154 valence electrons. The van der Waals surface area contributed by atoms with Crippen molar-refractivity contribution >= 4 is 16.9 Å². The second-order valence-corrected chi connectivity index (χ2v) is 7.93. The van der Waals surface area contributed by atoms with Gasteiger partial charge in [0.05, 0.1) is 23.3 Å². The Morgan fingerprint density at radius 2 is 1.69 bits per heavy atom. The van der Waals surface area contributed by atoms with Gasteiger partial charge in [-0.05, 0) is 46.9 Å². The van der Waals surface area contributed by atoms with E-state index in [1.165, 1.54) is 0 Å². The van der Waals surface area contributed by atoms with Crippen LogP contribution in [0.1, 0.15) is 33.1 Å². The molecule has 6 heteroatoms. The molecule has 1 amide bonds. The quantitative estimate of drug-likeness (QED) is 0.440. The number of benzene rings is 2. The molecule has 2 aromatic carbocycles. The summed E-state index contributed by atoms with van der Waals surface area (Å²) < 4.78 is 0. The van der Waals surface area contributed by atoms with Crippen molar-refractivity contribution in [2.45, 2.75) is 13.0 Å². The van der Waals surface area contributed by atoms with E-state index in [2.05, 4.69) is 44.5 Å². The molecule has 0 fully saturated rings. The van der Waals surface area contributed by atoms with E-state index in [1.807, 2.05) is 31.2 Å². The van der Waals surface area contributed by atoms with E-state index in [-0.39, 0.29) is 11.9 Å². The highest BCUT2D eigenvalue weighted by Gasteiger charge is 2.32. The third kappa shape index (κ3) is 2.80. The predicted octanol–water partition coefficient (Wildman–Crippen LogP) is 4.83. The van der Waals surface area contributed by atoms with Crippen LogP contribution in [0, 0.1) is 6.92 Å². The van der Waals surface area contributed by atoms with Crippen molar-refractivity contribution in [2.75, 3.05) is 0 Å². The van der Waals surface area contributed by atoms with Crippen LogP contribution in [0.2, 0.25) is 0 Å². The lowest BCUT2D eigenvalue weighted by Gasteiger charge is -2.17. The summed E-state index contributed by atoms with van der Waals surface area (Å²) in [5.74, 6) is 0.675. The van der Waals surface area contributed by atoms with Crippen LogP contribution in [0.4, 0.5) is 0 Å². The van der Waals surface area contributed by atoms with Crippen molar-refractivity contribution in [1.29, 1.82) is 0 Å². The van der Waals surface area contributed by atoms with Crippen LogP contribution < -0.4 is 5.32 Å². The highest BCUT2D eigenvalue weighted by molar-refractivity contribution is 5.98. The van der Waals surface area contributed by atoms with Gasteiger partial charge in [0.1, 0.15) is 5.82 Å². The standard InChI is InChI=1S/C26H19N5O/c1-15-13-27-11-9-16(15)26(32)31-24-18-6-3-2-5-17(18)23-19(24)7-4-8-20(23)25-29-21-10-12-28-14-22(21)30-25/h2-14,24H,1H3,(H,29,30)(H,31,32). The van der Waals surface area contributed by atoms with Gasteiger partial charge in [-0.15, -0.1) is 0 Å². The Balaban J connectivity index is 1.49. The molecule has 0 bridgehead atoms. The molecule has 0 radical (unpaired) electrons. The molecule has 0 saturated carbocycles. The van der Waals surface area contributed by atoms with Gasteiger partial charge in [0.2, 0.25) is 0 Å². The molecule has 6 rings (SSSR count). The molecule has 32 heavy (non-hydrogen) atoms. The molecule has 3 aromatic heterocycles. The van der Waals surface area contributed by atoms with Crippen molar-refractivity contribution in [2.24, 2.45) is 0 Å². The number of hydrogen-bond donors (Lipinski definition) is 2. The number of nitrogens with zero attached hydrogens (tertiary/aromatic N) is 3. The van der Waals surface area contributed by atoms with Crippen LogP contribution in [0.15, 0.2) is 79.4 Å². The van der Waals surface area contributed by atoms with E-state index >= 15 is 0 Å². The normalized spacial score (nSPS) is 14.2. The predicted molar refractivity (Wildman–Crippen MR) is 123 cm³/mol. The molecular formula is C26H19N5O. The fourth-order valence-corrected chi connectivity index (χ4v) is 4.53. The van der Waals surface area contributed by atoms with Crippen LogP contribution >= 0.6 is 0 Å². The first-order valence-electron chi connectivity index (χ1n) is 10.4. The Hall–Kier alpha value is -4.32. The Morgan fingerprint density at radius 3 is 2.56 bits per heavy atom. The first kappa shape index (κ1) is 18.4. The molecule has 1 atom stereocenters. The third-order valence-corrected chi connectivity index (χ3v) is 6.03. The van der Waals surface area contributed by atoms with Crippen molar-refractivity contribution in [3.05, 3.63) is 102 Å². The number of nitrogens with one attached hydrogen (secondary N) is 2. The number of H-pyrrole nitrogens is 1. The van der Waals surface area contributed by atoms with E-state index in [0.29, 0.717) is 5.56 Å². The Morgan fingerprint density at radius 1 is 0.906 bits per heavy atom. The maximum atomic E-state index is 13.1. The zero-order valence-electron chi connectivity index (χ0n) is 17.3. The highest BCUT2D eigenvalue weighted by atomic mass is 16.1. The van der Waals surface area contributed by atoms with Gasteiger partial charge in [-0.25, -0.2) is 4.98 Å². The highest BCUT2D eigenvalue weighted by Crippen LogP contribution is 2.47. The number of aryl methyl sites for hydroxylation is 1. The molecule has 0 aliphatic heterocycles. The Kier molecular flexibility index (Phi) is 4.11. The largest absolute Gasteiger partial charge is 0.341 e. The molecule has 1 aliphatic carbocycles. The first-order chi connectivity index (χ1) is 15.7. The minimum atomic E-state index is -0.243. The number of imidazole rings is 1. The number of aromatic nitrogens is 4. The molecule has 0 saturated heterocycles. The lowest BCUT2D eigenvalue weighted by Crippen LogP contribution is -2.28. The second-order valence-electron chi connectivity index (χ2n) is 7.93. The molecule has 6 nitrogen and oxygen atoms in total. The summed E-state index contributed by atoms with van der Waals surface area (Å²) in [6.07, 6.45) is 6.88. The number of aromatic amines is 1. The summed E-state index contributed by atoms with van der Waals surface area (Å²) >= 11 is 0. The number of rotatable bonds is 3. The minimum absolute atomic E-state index is 0.113. The number of hydrogen-bond acceptors (Lipinski definition) is 4. The van der Waals surface area contributed by atoms with Crippen LogP contribution in [0.25, 0.3) is 33.5 Å². The van der Waals surface area contributed by atoms with Crippen molar-refractivity contribution in [3.63, 3.8) is 0 Å². The summed E-state index contributed by atoms with van der Waals surface area (Å²) in [5.41, 5.74) is 8.58. The monoisotopic (exact) mass is 417 g/mol. The lowest BCUT2D eigenvalue weighted by molar-refractivity contribution is 0.0943. The number of amides is 1. The van der Waals surface area contributed by atoms with E-state index in [9.17, 15) is 4.79 Å². The van der Waals surface area contributed by atoms with Gasteiger partial charge in [0, 0.05) is 29.7 Å². The maximum Gasteiger partial charge on any atom is 0.252 e. The summed E-state index contributed by atoms with van der Waals surface area (Å²) in [5, 5.41) is 3.25. The lowest BCUT2D eigenvalue weighted by atomic mass is 9.98. The number of fused-ring (bicyclic) bond motifs is 4. The number of carbonyl (C=O) groups excluding carboxylic acids is 1. The molecule has 1 aliphatic rings. The average Bonchev–Trinajstić information content (AvgIpc) is 3.39. The summed E-state index contributed by atoms with van der Waals surface area (Å²) in [7, 11) is 0. The third-order valence-electron chi connectivity index (χ3n) is 6.03. The average molecular weight is 417 g/mol. The molecular weight excluding hydrogens is 398 g/mol. The van der Waals surface area contributed by atoms with Crippen LogP contribution in [-0.2, 0) is 0 Å². The number of carbonyl (C=O) groups is 1. The smallest absolute Gasteiger partial charge is 0.252 e. The fraction of sp³-hybridized carbons (Fsp3) is 0.0769. The Bertz CT molecular complexity index is 1470. The summed E-state index contributed by atoms with van der Waals surface area (Å²) in [4.78, 5) is 29.6. The Labute approximate surface area is 184 Å². The fourth-order valence-electron chi connectivity index (χ4n) is 4.53. The second kappa shape index (κ2) is 7.13. The van der Waals surface area contributed by atoms with Gasteiger partial charge < -0.3 is 10.3 Å². The van der Waals surface area contributed by atoms with Gasteiger partial charge >= 0.3 is 0 Å². The van der Waals surface area contributed by atoms with Gasteiger partial charge in [-0.1, -0.05) is 42.5 Å².